The van der Waals surface area contributed by atoms with E-state index in [0.29, 0.717) is 40.4 Å². The Morgan fingerprint density at radius 2 is 1.79 bits per heavy atom. The van der Waals surface area contributed by atoms with Crippen LogP contribution in [0, 0.1) is 11.7 Å². The number of phenols is 1. The molecule has 4 saturated heterocycles. The van der Waals surface area contributed by atoms with Gasteiger partial charge in [-0.1, -0.05) is 12.1 Å². The van der Waals surface area contributed by atoms with Crippen LogP contribution in [0.25, 0.3) is 21.8 Å². The molecule has 2 unspecified atom stereocenters. The number of benzene rings is 3. The third-order valence-corrected chi connectivity index (χ3v) is 12.6. The molecule has 16 nitrogen and oxygen atoms in total. The minimum Gasteiger partial charge on any atom is -0.506 e. The van der Waals surface area contributed by atoms with Gasteiger partial charge in [0.1, 0.15) is 29.8 Å². The Kier molecular flexibility index (Phi) is 9.45. The first-order valence-electron chi connectivity index (χ1n) is 18.3. The zero-order valence-corrected chi connectivity index (χ0v) is 31.4. The number of imidazole rings is 1. The molecule has 302 valence electrons. The number of hydrogen-bond donors (Lipinski definition) is 3. The van der Waals surface area contributed by atoms with Crippen LogP contribution in [0.4, 0.5) is 18.9 Å². The van der Waals surface area contributed by atoms with Crippen LogP contribution in [0.5, 0.6) is 11.5 Å². The lowest BCUT2D eigenvalue weighted by atomic mass is 9.86. The average Bonchev–Trinajstić information content (AvgIpc) is 3.80. The van der Waals surface area contributed by atoms with Gasteiger partial charge in [-0.05, 0) is 67.1 Å². The Morgan fingerprint density at radius 1 is 1.00 bits per heavy atom. The van der Waals surface area contributed by atoms with Crippen LogP contribution in [0.1, 0.15) is 43.2 Å². The number of carbonyl (C=O) groups is 4. The fourth-order valence-electron chi connectivity index (χ4n) is 8.36. The van der Waals surface area contributed by atoms with E-state index in [1.165, 1.54) is 45.3 Å². The van der Waals surface area contributed by atoms with Gasteiger partial charge in [0.15, 0.2) is 5.82 Å². The topological polar surface area (TPSA) is 193 Å². The summed E-state index contributed by atoms with van der Waals surface area (Å²) in [5.41, 5.74) is -0.0456. The molecule has 4 aliphatic heterocycles. The van der Waals surface area contributed by atoms with Crippen molar-refractivity contribution < 1.29 is 50.6 Å². The number of amides is 4. The molecule has 3 atom stereocenters. The molecule has 3 N–H and O–H groups in total. The number of nitrogens with one attached hydrogen (secondary N) is 2. The van der Waals surface area contributed by atoms with Crippen LogP contribution < -0.4 is 24.8 Å². The molecule has 20 heteroatoms. The third kappa shape index (κ3) is 6.93. The Hall–Kier alpha value is -5.63. The number of carbonyl (C=O) groups excluding carboxylic acids is 4. The second-order valence-corrected chi connectivity index (χ2v) is 16.6. The number of imide groups is 1. The molecule has 4 aliphatic rings. The quantitative estimate of drug-likeness (QED) is 0.221. The van der Waals surface area contributed by atoms with E-state index in [2.05, 4.69) is 5.32 Å². The molecule has 0 radical (unpaired) electrons. The van der Waals surface area contributed by atoms with Gasteiger partial charge in [0.2, 0.25) is 17.7 Å². The number of hydrogen-bond acceptors (Lipinski definition) is 10. The molecule has 4 aromatic rings. The second-order valence-electron chi connectivity index (χ2n) is 15.0. The Morgan fingerprint density at radius 3 is 2.51 bits per heavy atom. The number of alkyl halides is 2. The van der Waals surface area contributed by atoms with Crippen molar-refractivity contribution in [3.8, 4) is 11.5 Å². The summed E-state index contributed by atoms with van der Waals surface area (Å²) >= 11 is 0. The van der Waals surface area contributed by atoms with Gasteiger partial charge in [-0.2, -0.15) is 8.42 Å². The van der Waals surface area contributed by atoms with Crippen LogP contribution in [0.3, 0.4) is 0 Å². The van der Waals surface area contributed by atoms with Crippen LogP contribution in [0.15, 0.2) is 47.3 Å². The number of halogens is 3. The molecule has 0 saturated carbocycles. The number of rotatable bonds is 8. The number of ether oxygens (including phenoxy) is 1. The summed E-state index contributed by atoms with van der Waals surface area (Å²) in [6.07, 6.45) is 0.857. The number of nitrogens with zero attached hydrogens (tertiary/aromatic N) is 5. The summed E-state index contributed by atoms with van der Waals surface area (Å²) in [5.74, 6) is -8.14. The smallest absolute Gasteiger partial charge is 0.329 e. The molecule has 0 aliphatic carbocycles. The van der Waals surface area contributed by atoms with Crippen molar-refractivity contribution in [2.75, 3.05) is 50.2 Å². The minimum atomic E-state index is -4.39. The predicted molar refractivity (Wildman–Crippen MR) is 198 cm³/mol. The zero-order chi connectivity index (χ0) is 40.6. The van der Waals surface area contributed by atoms with E-state index in [1.54, 1.807) is 27.8 Å². The van der Waals surface area contributed by atoms with Gasteiger partial charge in [0, 0.05) is 37.9 Å². The normalized spacial score (nSPS) is 23.6. The average molecular weight is 814 g/mol. The van der Waals surface area contributed by atoms with Gasteiger partial charge in [0.05, 0.1) is 36.6 Å². The highest BCUT2D eigenvalue weighted by Crippen LogP contribution is 2.42. The van der Waals surface area contributed by atoms with Gasteiger partial charge in [-0.15, -0.1) is 0 Å². The molecular weight excluding hydrogens is 776 g/mol. The first kappa shape index (κ1) is 38.3. The molecule has 8 rings (SSSR count). The molecule has 5 heterocycles. The highest BCUT2D eigenvalue weighted by Gasteiger charge is 2.46. The Balaban J connectivity index is 0.877. The number of aryl methyl sites for hydroxylation is 1. The van der Waals surface area contributed by atoms with Gasteiger partial charge >= 0.3 is 15.9 Å². The summed E-state index contributed by atoms with van der Waals surface area (Å²) in [4.78, 5) is 65.4. The first-order valence-corrected chi connectivity index (χ1v) is 19.8. The van der Waals surface area contributed by atoms with Crippen molar-refractivity contribution in [2.45, 2.75) is 43.6 Å². The molecule has 4 fully saturated rings. The van der Waals surface area contributed by atoms with E-state index in [0.717, 1.165) is 0 Å². The number of anilines is 1. The van der Waals surface area contributed by atoms with Crippen LogP contribution in [-0.2, 0) is 36.4 Å². The Labute approximate surface area is 322 Å². The summed E-state index contributed by atoms with van der Waals surface area (Å²) in [6.45, 7) is -0.455. The van der Waals surface area contributed by atoms with Crippen molar-refractivity contribution in [1.29, 1.82) is 0 Å². The molecule has 0 bridgehead atoms. The van der Waals surface area contributed by atoms with Gasteiger partial charge in [-0.3, -0.25) is 38.5 Å². The number of fused-ring (bicyclic) bond motifs is 2. The number of likely N-dealkylation sites (tertiary alicyclic amines) is 2. The van der Waals surface area contributed by atoms with Crippen LogP contribution >= 0.6 is 0 Å². The highest BCUT2D eigenvalue weighted by molar-refractivity contribution is 7.92. The lowest BCUT2D eigenvalue weighted by molar-refractivity contribution is -0.136. The van der Waals surface area contributed by atoms with Crippen LogP contribution in [-0.4, -0.2) is 108 Å². The summed E-state index contributed by atoms with van der Waals surface area (Å²) < 4.78 is 82.6. The summed E-state index contributed by atoms with van der Waals surface area (Å²) in [5, 5.41) is 12.9. The molecular formula is C37H38F3N7O9S. The molecule has 1 aromatic heterocycles. The lowest BCUT2D eigenvalue weighted by Crippen LogP contribution is -2.50. The van der Waals surface area contributed by atoms with Crippen molar-refractivity contribution in [3.63, 3.8) is 0 Å². The van der Waals surface area contributed by atoms with Gasteiger partial charge in [-0.25, -0.2) is 27.0 Å². The predicted octanol–water partition coefficient (Wildman–Crippen LogP) is 1.85. The van der Waals surface area contributed by atoms with Crippen molar-refractivity contribution in [2.24, 2.45) is 13.0 Å². The van der Waals surface area contributed by atoms with Gasteiger partial charge in [0.25, 0.3) is 11.8 Å². The maximum Gasteiger partial charge on any atom is 0.329 e. The van der Waals surface area contributed by atoms with E-state index < -0.39 is 81.8 Å². The number of aromatic hydroxyl groups is 1. The number of aromatic nitrogens is 2. The van der Waals surface area contributed by atoms with Crippen molar-refractivity contribution >= 4 is 61.3 Å². The molecule has 3 aromatic carbocycles. The van der Waals surface area contributed by atoms with E-state index in [1.807, 2.05) is 0 Å². The fraction of sp³-hybridized carbons (Fsp3) is 0.432. The number of phenolic OH excluding ortho intramolecular Hbond substituents is 1. The molecule has 4 amide bonds. The van der Waals surface area contributed by atoms with Crippen LogP contribution in [0.2, 0.25) is 0 Å². The van der Waals surface area contributed by atoms with Crippen molar-refractivity contribution in [3.05, 3.63) is 64.3 Å². The zero-order valence-electron chi connectivity index (χ0n) is 30.5. The standard InChI is InChI=1S/C37H38F3N7O9S/c1-43-28-12-22(3-5-26(28)47(36(43)53)27-6-7-30(49)41-35(27)52)25-9-10-44(19-37(25,39)40)17-32(51)45-11-8-20(15-45)18-56-23-4-2-21-13-29(48)34(33(38)24(21)14-23)46-16-31(50)42-57(46,54)55/h2-5,12-14,20,25,27,48H,6-11,15-19H2,1H3,(H,42,50)(H,41,49,52)/t20-,25?,27?/m1/s1. The van der Waals surface area contributed by atoms with E-state index in [4.69, 9.17) is 4.74 Å². The summed E-state index contributed by atoms with van der Waals surface area (Å²) in [6, 6.07) is 9.32. The number of piperidine rings is 2. The van der Waals surface area contributed by atoms with E-state index in [-0.39, 0.29) is 67.3 Å². The van der Waals surface area contributed by atoms with Crippen molar-refractivity contribution in [1.82, 2.24) is 29.0 Å². The highest BCUT2D eigenvalue weighted by atomic mass is 32.2. The largest absolute Gasteiger partial charge is 0.506 e. The fourth-order valence-corrected chi connectivity index (χ4v) is 9.53. The monoisotopic (exact) mass is 813 g/mol. The minimum absolute atomic E-state index is 0.0475. The van der Waals surface area contributed by atoms with Gasteiger partial charge < -0.3 is 14.7 Å². The molecule has 57 heavy (non-hydrogen) atoms. The SMILES string of the molecule is Cn1c(=O)n(C2CCC(=O)NC2=O)c2ccc(C3CCN(CC(=O)N4CC[C@@H](COc5ccc6cc(O)c(N7CC(=O)NS7(=O)=O)c(F)c6c5)C4)CC3(F)F)cc21. The third-order valence-electron chi connectivity index (χ3n) is 11.3. The maximum absolute atomic E-state index is 15.8. The summed E-state index contributed by atoms with van der Waals surface area (Å²) in [7, 11) is -2.88. The second kappa shape index (κ2) is 14.1. The van der Waals surface area contributed by atoms with E-state index in [9.17, 15) is 37.5 Å². The molecule has 0 spiro atoms. The lowest BCUT2D eigenvalue weighted by Gasteiger charge is -2.38. The first-order chi connectivity index (χ1) is 27.0. The Bertz CT molecular complexity index is 2540. The maximum atomic E-state index is 15.8. The van der Waals surface area contributed by atoms with E-state index >= 15 is 13.2 Å².